The molecular formula is C14H18N2O. The third kappa shape index (κ3) is 4.66. The topological polar surface area (TPSA) is 55.1 Å². The van der Waals surface area contributed by atoms with Gasteiger partial charge in [-0.25, -0.2) is 0 Å². The fourth-order valence-corrected chi connectivity index (χ4v) is 1.48. The fourth-order valence-electron chi connectivity index (χ4n) is 1.48. The number of hydrogen-bond donors (Lipinski definition) is 2. The first-order chi connectivity index (χ1) is 8.13. The molecule has 90 valence electrons. The summed E-state index contributed by atoms with van der Waals surface area (Å²) in [7, 11) is 1.67. The Morgan fingerprint density at radius 3 is 2.35 bits per heavy atom. The number of amides is 1. The molecule has 1 amide bonds. The van der Waals surface area contributed by atoms with Gasteiger partial charge in [0.05, 0.1) is 6.54 Å². The van der Waals surface area contributed by atoms with Crippen LogP contribution in [0.15, 0.2) is 42.5 Å². The summed E-state index contributed by atoms with van der Waals surface area (Å²) in [5, 5.41) is 5.24. The van der Waals surface area contributed by atoms with Crippen molar-refractivity contribution in [1.29, 1.82) is 0 Å². The maximum atomic E-state index is 9.76. The minimum absolute atomic E-state index is 0.264. The zero-order valence-corrected chi connectivity index (χ0v) is 10.2. The Hall–Kier alpha value is -1.87. The number of nitrogens with one attached hydrogen (secondary N) is 1. The molecule has 0 unspecified atom stereocenters. The lowest BCUT2D eigenvalue weighted by Crippen LogP contribution is -2.25. The van der Waals surface area contributed by atoms with Gasteiger partial charge in [0, 0.05) is 0 Å². The van der Waals surface area contributed by atoms with Gasteiger partial charge >= 0.3 is 0 Å². The molecule has 0 saturated carbocycles. The van der Waals surface area contributed by atoms with E-state index in [1.165, 1.54) is 16.3 Å². The van der Waals surface area contributed by atoms with Crippen molar-refractivity contribution in [2.24, 2.45) is 5.73 Å². The first-order valence-corrected chi connectivity index (χ1v) is 5.52. The Balaban J connectivity index is 0.000000209. The standard InChI is InChI=1S/C11H10.C3H8N2O/c1-9-6-7-10-4-2-3-5-11(10)8-9;1-5-2-3(4)6/h2-8H,1H3;5H,2H2,1H3,(H2,4,6). The fraction of sp³-hybridized carbons (Fsp3) is 0.214. The van der Waals surface area contributed by atoms with Crippen LogP contribution in [0.4, 0.5) is 0 Å². The molecule has 0 aromatic heterocycles. The average Bonchev–Trinajstić information content (AvgIpc) is 2.29. The predicted octanol–water partition coefficient (Wildman–Crippen LogP) is 1.84. The zero-order chi connectivity index (χ0) is 12.7. The van der Waals surface area contributed by atoms with Crippen molar-refractivity contribution < 1.29 is 4.79 Å². The van der Waals surface area contributed by atoms with E-state index in [0.29, 0.717) is 0 Å². The molecule has 0 saturated heterocycles. The number of primary amides is 1. The zero-order valence-electron chi connectivity index (χ0n) is 10.2. The molecule has 3 N–H and O–H groups in total. The molecule has 0 radical (unpaired) electrons. The van der Waals surface area contributed by atoms with Crippen molar-refractivity contribution in [1.82, 2.24) is 5.32 Å². The highest BCUT2D eigenvalue weighted by Gasteiger charge is 1.89. The van der Waals surface area contributed by atoms with Crippen molar-refractivity contribution >= 4 is 16.7 Å². The molecule has 2 aromatic carbocycles. The SMILES string of the molecule is CNCC(N)=O.Cc1ccc2ccccc2c1. The van der Waals surface area contributed by atoms with Gasteiger partial charge in [0.1, 0.15) is 0 Å². The molecular weight excluding hydrogens is 212 g/mol. The van der Waals surface area contributed by atoms with E-state index in [0.717, 1.165) is 0 Å². The predicted molar refractivity (Wildman–Crippen MR) is 71.8 cm³/mol. The maximum absolute atomic E-state index is 9.76. The lowest BCUT2D eigenvalue weighted by molar-refractivity contribution is -0.117. The van der Waals surface area contributed by atoms with E-state index < -0.39 is 0 Å². The summed E-state index contributed by atoms with van der Waals surface area (Å²) < 4.78 is 0. The molecule has 3 heteroatoms. The summed E-state index contributed by atoms with van der Waals surface area (Å²) in [6.07, 6.45) is 0. The van der Waals surface area contributed by atoms with Crippen LogP contribution in [0.3, 0.4) is 0 Å². The van der Waals surface area contributed by atoms with E-state index in [-0.39, 0.29) is 12.5 Å². The molecule has 17 heavy (non-hydrogen) atoms. The van der Waals surface area contributed by atoms with Crippen LogP contribution in [0, 0.1) is 6.92 Å². The van der Waals surface area contributed by atoms with Crippen LogP contribution in [-0.2, 0) is 4.79 Å². The summed E-state index contributed by atoms with van der Waals surface area (Å²) in [6, 6.07) is 14.9. The van der Waals surface area contributed by atoms with Gasteiger partial charge in [-0.2, -0.15) is 0 Å². The molecule has 0 aliphatic carbocycles. The van der Waals surface area contributed by atoms with E-state index in [2.05, 4.69) is 54.7 Å². The molecule has 0 heterocycles. The summed E-state index contributed by atoms with van der Waals surface area (Å²) in [5.74, 6) is -0.322. The first-order valence-electron chi connectivity index (χ1n) is 5.52. The Morgan fingerprint density at radius 1 is 1.18 bits per heavy atom. The Bertz CT molecular complexity index is 494. The smallest absolute Gasteiger partial charge is 0.231 e. The van der Waals surface area contributed by atoms with Crippen LogP contribution in [0.5, 0.6) is 0 Å². The molecule has 0 bridgehead atoms. The number of aryl methyl sites for hydroxylation is 1. The Kier molecular flexibility index (Phi) is 5.17. The van der Waals surface area contributed by atoms with Gasteiger partial charge in [0.25, 0.3) is 0 Å². The lowest BCUT2D eigenvalue weighted by atomic mass is 10.1. The van der Waals surface area contributed by atoms with Crippen LogP contribution in [-0.4, -0.2) is 19.5 Å². The number of carbonyl (C=O) groups excluding carboxylic acids is 1. The van der Waals surface area contributed by atoms with Gasteiger partial charge in [-0.05, 0) is 24.7 Å². The summed E-state index contributed by atoms with van der Waals surface area (Å²) >= 11 is 0. The molecule has 3 nitrogen and oxygen atoms in total. The van der Waals surface area contributed by atoms with Crippen molar-refractivity contribution in [2.45, 2.75) is 6.92 Å². The summed E-state index contributed by atoms with van der Waals surface area (Å²) in [4.78, 5) is 9.76. The second kappa shape index (κ2) is 6.66. The van der Waals surface area contributed by atoms with Crippen molar-refractivity contribution in [2.75, 3.05) is 13.6 Å². The van der Waals surface area contributed by atoms with Gasteiger partial charge in [-0.3, -0.25) is 4.79 Å². The van der Waals surface area contributed by atoms with Gasteiger partial charge < -0.3 is 11.1 Å². The van der Waals surface area contributed by atoms with Crippen LogP contribution in [0.1, 0.15) is 5.56 Å². The summed E-state index contributed by atoms with van der Waals surface area (Å²) in [6.45, 7) is 2.38. The molecule has 0 aliphatic rings. The molecule has 0 fully saturated rings. The monoisotopic (exact) mass is 230 g/mol. The number of likely N-dealkylation sites (N-methyl/N-ethyl adjacent to an activating group) is 1. The second-order valence-electron chi connectivity index (χ2n) is 3.85. The van der Waals surface area contributed by atoms with Crippen molar-refractivity contribution in [3.63, 3.8) is 0 Å². The molecule has 2 aromatic rings. The largest absolute Gasteiger partial charge is 0.369 e. The van der Waals surface area contributed by atoms with Crippen LogP contribution in [0.2, 0.25) is 0 Å². The van der Waals surface area contributed by atoms with Crippen molar-refractivity contribution in [3.05, 3.63) is 48.0 Å². The lowest BCUT2D eigenvalue weighted by Gasteiger charge is -1.96. The first kappa shape index (κ1) is 13.2. The minimum Gasteiger partial charge on any atom is -0.369 e. The second-order valence-corrected chi connectivity index (χ2v) is 3.85. The van der Waals surface area contributed by atoms with Crippen LogP contribution < -0.4 is 11.1 Å². The average molecular weight is 230 g/mol. The number of carbonyl (C=O) groups is 1. The highest BCUT2D eigenvalue weighted by Crippen LogP contribution is 2.14. The molecule has 0 spiro atoms. The number of nitrogens with two attached hydrogens (primary N) is 1. The number of hydrogen-bond acceptors (Lipinski definition) is 2. The summed E-state index contributed by atoms with van der Waals surface area (Å²) in [5.41, 5.74) is 6.02. The molecule has 0 atom stereocenters. The molecule has 2 rings (SSSR count). The van der Waals surface area contributed by atoms with Gasteiger partial charge in [0.2, 0.25) is 5.91 Å². The number of rotatable bonds is 2. The number of fused-ring (bicyclic) bond motifs is 1. The highest BCUT2D eigenvalue weighted by atomic mass is 16.1. The van der Waals surface area contributed by atoms with E-state index in [1.807, 2.05) is 0 Å². The Morgan fingerprint density at radius 2 is 1.82 bits per heavy atom. The maximum Gasteiger partial charge on any atom is 0.231 e. The van der Waals surface area contributed by atoms with Gasteiger partial charge in [0.15, 0.2) is 0 Å². The quantitative estimate of drug-likeness (QED) is 0.827. The highest BCUT2D eigenvalue weighted by molar-refractivity contribution is 5.82. The number of benzene rings is 2. The third-order valence-electron chi connectivity index (χ3n) is 2.26. The van der Waals surface area contributed by atoms with Crippen LogP contribution >= 0.6 is 0 Å². The van der Waals surface area contributed by atoms with Crippen molar-refractivity contribution in [3.8, 4) is 0 Å². The van der Waals surface area contributed by atoms with Gasteiger partial charge in [-0.15, -0.1) is 0 Å². The minimum atomic E-state index is -0.322. The van der Waals surface area contributed by atoms with Crippen LogP contribution in [0.25, 0.3) is 10.8 Å². The molecule has 0 aliphatic heterocycles. The Labute approximate surface area is 102 Å². The van der Waals surface area contributed by atoms with E-state index in [1.54, 1.807) is 7.05 Å². The van der Waals surface area contributed by atoms with E-state index in [9.17, 15) is 4.79 Å². The third-order valence-corrected chi connectivity index (χ3v) is 2.26. The van der Waals surface area contributed by atoms with E-state index >= 15 is 0 Å². The van der Waals surface area contributed by atoms with Gasteiger partial charge in [-0.1, -0.05) is 48.0 Å². The normalized spacial score (nSPS) is 9.53. The van der Waals surface area contributed by atoms with E-state index in [4.69, 9.17) is 5.73 Å².